The molecular weight excluding hydrogens is 273 g/mol. The summed E-state index contributed by atoms with van der Waals surface area (Å²) in [4.78, 5) is 23.4. The fourth-order valence-corrected chi connectivity index (χ4v) is 2.77. The Morgan fingerprint density at radius 1 is 1.19 bits per heavy atom. The van der Waals surface area contributed by atoms with E-state index in [1.54, 1.807) is 0 Å². The van der Waals surface area contributed by atoms with Crippen molar-refractivity contribution in [3.05, 3.63) is 35.6 Å². The standard InChI is InChI=1S/C16H20FNO3/c17-12-8-6-11(7-9-12)16(21)14(10-15(19)20)18-13-4-2-1-3-5-13/h6-9,13-14,18H,1-5,10H2,(H,19,20). The molecule has 1 aliphatic rings. The van der Waals surface area contributed by atoms with Crippen molar-refractivity contribution in [2.45, 2.75) is 50.6 Å². The third-order valence-electron chi connectivity index (χ3n) is 3.87. The van der Waals surface area contributed by atoms with Gasteiger partial charge in [0.25, 0.3) is 0 Å². The van der Waals surface area contributed by atoms with Gasteiger partial charge in [0.2, 0.25) is 0 Å². The molecule has 0 radical (unpaired) electrons. The van der Waals surface area contributed by atoms with Gasteiger partial charge in [0.15, 0.2) is 5.78 Å². The number of carboxylic acid groups (broad SMARTS) is 1. The first kappa shape index (κ1) is 15.6. The molecule has 0 bridgehead atoms. The molecule has 0 amide bonds. The zero-order valence-electron chi connectivity index (χ0n) is 11.8. The summed E-state index contributed by atoms with van der Waals surface area (Å²) in [6.45, 7) is 0. The number of benzene rings is 1. The first-order chi connectivity index (χ1) is 10.1. The summed E-state index contributed by atoms with van der Waals surface area (Å²) in [6.07, 6.45) is 5.06. The van der Waals surface area contributed by atoms with Crippen LogP contribution < -0.4 is 5.32 Å². The number of ketones is 1. The Labute approximate surface area is 123 Å². The highest BCUT2D eigenvalue weighted by Gasteiger charge is 2.26. The van der Waals surface area contributed by atoms with Gasteiger partial charge in [0.05, 0.1) is 12.5 Å². The third-order valence-corrected chi connectivity index (χ3v) is 3.87. The van der Waals surface area contributed by atoms with Gasteiger partial charge in [-0.3, -0.25) is 9.59 Å². The number of hydrogen-bond donors (Lipinski definition) is 2. The number of Topliss-reactive ketones (excluding diaryl/α,β-unsaturated/α-hetero) is 1. The average Bonchev–Trinajstić information content (AvgIpc) is 2.47. The minimum Gasteiger partial charge on any atom is -0.481 e. The maximum absolute atomic E-state index is 12.9. The lowest BCUT2D eigenvalue weighted by molar-refractivity contribution is -0.137. The van der Waals surface area contributed by atoms with Crippen LogP contribution in [0, 0.1) is 5.82 Å². The van der Waals surface area contributed by atoms with E-state index >= 15 is 0 Å². The van der Waals surface area contributed by atoms with Crippen LogP contribution in [0.15, 0.2) is 24.3 Å². The van der Waals surface area contributed by atoms with Crippen LogP contribution in [0.2, 0.25) is 0 Å². The van der Waals surface area contributed by atoms with Crippen molar-refractivity contribution < 1.29 is 19.1 Å². The van der Waals surface area contributed by atoms with Crippen LogP contribution in [0.3, 0.4) is 0 Å². The number of carbonyl (C=O) groups is 2. The van der Waals surface area contributed by atoms with Gasteiger partial charge in [0.1, 0.15) is 5.82 Å². The second-order valence-electron chi connectivity index (χ2n) is 5.52. The summed E-state index contributed by atoms with van der Waals surface area (Å²) in [6, 6.07) is 4.66. The van der Waals surface area contributed by atoms with Gasteiger partial charge in [-0.1, -0.05) is 19.3 Å². The maximum atomic E-state index is 12.9. The number of carboxylic acids is 1. The molecule has 2 rings (SSSR count). The molecule has 5 heteroatoms. The number of halogens is 1. The Hall–Kier alpha value is -1.75. The van der Waals surface area contributed by atoms with Gasteiger partial charge in [-0.25, -0.2) is 4.39 Å². The largest absolute Gasteiger partial charge is 0.481 e. The molecule has 1 aromatic carbocycles. The molecular formula is C16H20FNO3. The van der Waals surface area contributed by atoms with E-state index in [4.69, 9.17) is 5.11 Å². The van der Waals surface area contributed by atoms with Crippen LogP contribution in [0.5, 0.6) is 0 Å². The number of hydrogen-bond acceptors (Lipinski definition) is 3. The smallest absolute Gasteiger partial charge is 0.305 e. The molecule has 0 aliphatic heterocycles. The van der Waals surface area contributed by atoms with Crippen LogP contribution >= 0.6 is 0 Å². The highest BCUT2D eigenvalue weighted by Crippen LogP contribution is 2.19. The van der Waals surface area contributed by atoms with Crippen LogP contribution in [-0.4, -0.2) is 28.9 Å². The molecule has 0 heterocycles. The molecule has 1 atom stereocenters. The van der Waals surface area contributed by atoms with Crippen LogP contribution in [0.1, 0.15) is 48.9 Å². The first-order valence-corrected chi connectivity index (χ1v) is 7.34. The number of aliphatic carboxylic acids is 1. The van der Waals surface area contributed by atoms with E-state index in [1.807, 2.05) is 0 Å². The molecule has 21 heavy (non-hydrogen) atoms. The van der Waals surface area contributed by atoms with Gasteiger partial charge < -0.3 is 10.4 Å². The fraction of sp³-hybridized carbons (Fsp3) is 0.500. The molecule has 1 saturated carbocycles. The Morgan fingerprint density at radius 3 is 2.38 bits per heavy atom. The van der Waals surface area contributed by atoms with Crippen molar-refractivity contribution >= 4 is 11.8 Å². The zero-order chi connectivity index (χ0) is 15.2. The molecule has 0 saturated heterocycles. The topological polar surface area (TPSA) is 66.4 Å². The van der Waals surface area contributed by atoms with Crippen LogP contribution in [0.4, 0.5) is 4.39 Å². The third kappa shape index (κ3) is 4.63. The summed E-state index contributed by atoms with van der Waals surface area (Å²) in [5, 5.41) is 12.2. The van der Waals surface area contributed by atoms with Gasteiger partial charge >= 0.3 is 5.97 Å². The monoisotopic (exact) mass is 293 g/mol. The molecule has 4 nitrogen and oxygen atoms in total. The lowest BCUT2D eigenvalue weighted by Gasteiger charge is -2.27. The lowest BCUT2D eigenvalue weighted by atomic mass is 9.93. The van der Waals surface area contributed by atoms with E-state index < -0.39 is 17.8 Å². The lowest BCUT2D eigenvalue weighted by Crippen LogP contribution is -2.45. The Morgan fingerprint density at radius 2 is 1.81 bits per heavy atom. The summed E-state index contributed by atoms with van der Waals surface area (Å²) in [5.74, 6) is -1.72. The molecule has 114 valence electrons. The Balaban J connectivity index is 2.08. The predicted molar refractivity (Wildman–Crippen MR) is 76.8 cm³/mol. The van der Waals surface area contributed by atoms with Gasteiger partial charge in [-0.15, -0.1) is 0 Å². The van der Waals surface area contributed by atoms with Crippen molar-refractivity contribution in [1.82, 2.24) is 5.32 Å². The summed E-state index contributed by atoms with van der Waals surface area (Å²) >= 11 is 0. The molecule has 0 spiro atoms. The average molecular weight is 293 g/mol. The van der Waals surface area contributed by atoms with Crippen molar-refractivity contribution in [2.24, 2.45) is 0 Å². The van der Waals surface area contributed by atoms with Crippen molar-refractivity contribution in [2.75, 3.05) is 0 Å². The van der Waals surface area contributed by atoms with Crippen LogP contribution in [0.25, 0.3) is 0 Å². The van der Waals surface area contributed by atoms with Gasteiger partial charge in [-0.2, -0.15) is 0 Å². The van der Waals surface area contributed by atoms with E-state index in [9.17, 15) is 14.0 Å². The molecule has 2 N–H and O–H groups in total. The number of carbonyl (C=O) groups excluding carboxylic acids is 1. The minimum atomic E-state index is -1.02. The van der Waals surface area contributed by atoms with Crippen molar-refractivity contribution in [1.29, 1.82) is 0 Å². The summed E-state index contributed by atoms with van der Waals surface area (Å²) in [5.41, 5.74) is 0.339. The Bertz CT molecular complexity index is 495. The zero-order valence-corrected chi connectivity index (χ0v) is 11.8. The Kier molecular flexibility index (Phi) is 5.44. The molecule has 1 fully saturated rings. The van der Waals surface area contributed by atoms with Crippen molar-refractivity contribution in [3.63, 3.8) is 0 Å². The van der Waals surface area contributed by atoms with E-state index in [0.29, 0.717) is 5.56 Å². The fourth-order valence-electron chi connectivity index (χ4n) is 2.77. The van der Waals surface area contributed by atoms with E-state index in [0.717, 1.165) is 25.7 Å². The van der Waals surface area contributed by atoms with E-state index in [-0.39, 0.29) is 18.2 Å². The van der Waals surface area contributed by atoms with Crippen molar-refractivity contribution in [3.8, 4) is 0 Å². The highest BCUT2D eigenvalue weighted by atomic mass is 19.1. The second-order valence-corrected chi connectivity index (χ2v) is 5.52. The second kappa shape index (κ2) is 7.31. The van der Waals surface area contributed by atoms with Crippen LogP contribution in [-0.2, 0) is 4.79 Å². The summed E-state index contributed by atoms with van der Waals surface area (Å²) < 4.78 is 12.9. The number of rotatable bonds is 6. The first-order valence-electron chi connectivity index (χ1n) is 7.34. The normalized spacial score (nSPS) is 17.4. The minimum absolute atomic E-state index is 0.187. The maximum Gasteiger partial charge on any atom is 0.305 e. The van der Waals surface area contributed by atoms with E-state index in [1.165, 1.54) is 30.7 Å². The number of nitrogens with one attached hydrogen (secondary N) is 1. The molecule has 0 aromatic heterocycles. The highest BCUT2D eigenvalue weighted by molar-refractivity contribution is 6.01. The predicted octanol–water partition coefficient (Wildman–Crippen LogP) is 2.77. The molecule has 1 aliphatic carbocycles. The summed E-state index contributed by atoms with van der Waals surface area (Å²) in [7, 11) is 0. The van der Waals surface area contributed by atoms with E-state index in [2.05, 4.69) is 5.32 Å². The SMILES string of the molecule is O=C(O)CC(NC1CCCCC1)C(=O)c1ccc(F)cc1. The van der Waals surface area contributed by atoms with Gasteiger partial charge in [-0.05, 0) is 37.1 Å². The quantitative estimate of drug-likeness (QED) is 0.791. The molecule has 1 aromatic rings. The molecule has 1 unspecified atom stereocenters. The van der Waals surface area contributed by atoms with Gasteiger partial charge in [0, 0.05) is 11.6 Å².